The van der Waals surface area contributed by atoms with Gasteiger partial charge in [-0.3, -0.25) is 4.79 Å². The average molecular weight is 447 g/mol. The third-order valence-electron chi connectivity index (χ3n) is 6.10. The molecule has 0 saturated heterocycles. The number of aryl methyl sites for hydroxylation is 1. The number of fused-ring (bicyclic) bond motifs is 1. The van der Waals surface area contributed by atoms with E-state index < -0.39 is 23.2 Å². The van der Waals surface area contributed by atoms with E-state index in [-0.39, 0.29) is 6.10 Å². The zero-order valence-corrected chi connectivity index (χ0v) is 18.7. The molecule has 1 amide bonds. The molecule has 3 unspecified atom stereocenters. The number of amides is 1. The molecule has 2 heterocycles. The average Bonchev–Trinajstić information content (AvgIpc) is 3.00. The summed E-state index contributed by atoms with van der Waals surface area (Å²) in [6, 6.07) is 6.72. The molecule has 2 N–H and O–H groups in total. The number of pyridine rings is 1. The van der Waals surface area contributed by atoms with E-state index in [2.05, 4.69) is 20.6 Å². The Hall–Kier alpha value is -2.65. The van der Waals surface area contributed by atoms with Gasteiger partial charge in [0.05, 0.1) is 28.9 Å². The number of halogens is 2. The monoisotopic (exact) mass is 446 g/mol. The van der Waals surface area contributed by atoms with Crippen molar-refractivity contribution in [2.75, 3.05) is 19.5 Å². The maximum atomic E-state index is 14.4. The number of aromatic nitrogens is 2. The number of benzene rings is 1. The van der Waals surface area contributed by atoms with Crippen LogP contribution < -0.4 is 10.6 Å². The Labute approximate surface area is 183 Å². The highest BCUT2D eigenvalue weighted by Crippen LogP contribution is 2.71. The van der Waals surface area contributed by atoms with Crippen molar-refractivity contribution in [3.05, 3.63) is 46.6 Å². The Balaban J connectivity index is 1.63. The maximum Gasteiger partial charge on any atom is 0.270 e. The molecule has 1 fully saturated rings. The Morgan fingerprint density at radius 2 is 1.97 bits per heavy atom. The highest BCUT2D eigenvalue weighted by molar-refractivity contribution is 7.18. The highest BCUT2D eigenvalue weighted by atomic mass is 32.1. The number of ether oxygens (including phenoxy) is 1. The van der Waals surface area contributed by atoms with Crippen molar-refractivity contribution < 1.29 is 18.3 Å². The number of carbonyl (C=O) groups is 1. The molecule has 164 valence electrons. The number of thiazole rings is 1. The van der Waals surface area contributed by atoms with Gasteiger partial charge in [-0.15, -0.1) is 0 Å². The number of alkyl halides is 2. The number of nitrogens with zero attached hydrogens (tertiary/aromatic N) is 2. The molecule has 3 atom stereocenters. The number of anilines is 2. The quantitative estimate of drug-likeness (QED) is 0.561. The Bertz CT molecular complexity index is 1150. The molecule has 1 aromatic carbocycles. The highest BCUT2D eigenvalue weighted by Gasteiger charge is 2.82. The molecule has 6 nitrogen and oxygen atoms in total. The van der Waals surface area contributed by atoms with Crippen LogP contribution in [0.2, 0.25) is 0 Å². The van der Waals surface area contributed by atoms with Gasteiger partial charge in [0.2, 0.25) is 5.91 Å². The molecular formula is C22H24F2N4O2S. The third kappa shape index (κ3) is 3.27. The van der Waals surface area contributed by atoms with Crippen molar-refractivity contribution in [1.82, 2.24) is 15.3 Å². The Morgan fingerprint density at radius 3 is 2.58 bits per heavy atom. The molecule has 0 radical (unpaired) electrons. The van der Waals surface area contributed by atoms with Gasteiger partial charge in [0, 0.05) is 25.4 Å². The first-order chi connectivity index (χ1) is 14.6. The fourth-order valence-electron chi connectivity index (χ4n) is 4.16. The van der Waals surface area contributed by atoms with Crippen LogP contribution in [0, 0.1) is 12.3 Å². The lowest BCUT2D eigenvalue weighted by Gasteiger charge is -2.17. The Kier molecular flexibility index (Phi) is 5.21. The van der Waals surface area contributed by atoms with E-state index in [4.69, 9.17) is 4.74 Å². The molecule has 4 rings (SSSR count). The van der Waals surface area contributed by atoms with Gasteiger partial charge in [-0.2, -0.15) is 0 Å². The number of carbonyl (C=O) groups excluding carboxylic acids is 1. The second-order valence-electron chi connectivity index (χ2n) is 7.93. The van der Waals surface area contributed by atoms with Crippen LogP contribution in [0.15, 0.2) is 30.5 Å². The smallest absolute Gasteiger partial charge is 0.270 e. The van der Waals surface area contributed by atoms with Gasteiger partial charge >= 0.3 is 0 Å². The zero-order valence-electron chi connectivity index (χ0n) is 17.9. The number of nitrogens with one attached hydrogen (secondary N) is 2. The minimum absolute atomic E-state index is 0.216. The van der Waals surface area contributed by atoms with Crippen molar-refractivity contribution in [1.29, 1.82) is 0 Å². The summed E-state index contributed by atoms with van der Waals surface area (Å²) < 4.78 is 34.4. The summed E-state index contributed by atoms with van der Waals surface area (Å²) in [6.45, 7) is 5.17. The number of methoxy groups -OCH3 is 1. The molecule has 1 aliphatic carbocycles. The van der Waals surface area contributed by atoms with Gasteiger partial charge in [0.15, 0.2) is 0 Å². The standard InChI is InChI=1S/C22H24F2N4O2S/c1-11(30-5)16-15(10-26-19-17(16)27-12(2)31-19)28-14-8-6-13(7-9-14)18-21(3,20(29)25-4)22(18,23)24/h6-11,18,28H,1-5H3,(H,25,29). The molecule has 1 saturated carbocycles. The molecular weight excluding hydrogens is 422 g/mol. The summed E-state index contributed by atoms with van der Waals surface area (Å²) in [7, 11) is 3.01. The van der Waals surface area contributed by atoms with Crippen molar-refractivity contribution in [2.24, 2.45) is 5.41 Å². The number of rotatable bonds is 6. The lowest BCUT2D eigenvalue weighted by atomic mass is 10.00. The zero-order chi connectivity index (χ0) is 22.6. The predicted molar refractivity (Wildman–Crippen MR) is 117 cm³/mol. The third-order valence-corrected chi connectivity index (χ3v) is 6.98. The summed E-state index contributed by atoms with van der Waals surface area (Å²) in [4.78, 5) is 21.9. The van der Waals surface area contributed by atoms with Crippen molar-refractivity contribution >= 4 is 39.0 Å². The van der Waals surface area contributed by atoms with E-state index in [1.165, 1.54) is 25.3 Å². The van der Waals surface area contributed by atoms with E-state index in [0.717, 1.165) is 26.6 Å². The predicted octanol–water partition coefficient (Wildman–Crippen LogP) is 4.94. The van der Waals surface area contributed by atoms with Crippen LogP contribution in [0.4, 0.5) is 20.2 Å². The number of hydrogen-bond acceptors (Lipinski definition) is 6. The van der Waals surface area contributed by atoms with Crippen LogP contribution in [0.3, 0.4) is 0 Å². The van der Waals surface area contributed by atoms with Gasteiger partial charge in [0.25, 0.3) is 5.92 Å². The molecule has 1 aliphatic rings. The summed E-state index contributed by atoms with van der Waals surface area (Å²) in [5, 5.41) is 6.57. The van der Waals surface area contributed by atoms with Crippen LogP contribution in [0.1, 0.15) is 42.0 Å². The first-order valence-corrected chi connectivity index (χ1v) is 10.7. The molecule has 3 aromatic rings. The molecule has 31 heavy (non-hydrogen) atoms. The fraction of sp³-hybridized carbons (Fsp3) is 0.409. The van der Waals surface area contributed by atoms with Crippen molar-refractivity contribution in [2.45, 2.75) is 38.7 Å². The van der Waals surface area contributed by atoms with Gasteiger partial charge in [-0.05, 0) is 38.5 Å². The minimum atomic E-state index is -3.08. The molecule has 0 spiro atoms. The van der Waals surface area contributed by atoms with Crippen LogP contribution in [0.5, 0.6) is 0 Å². The first-order valence-electron chi connectivity index (χ1n) is 9.91. The van der Waals surface area contributed by atoms with E-state index in [0.29, 0.717) is 11.3 Å². The second kappa shape index (κ2) is 7.49. The van der Waals surface area contributed by atoms with E-state index in [1.807, 2.05) is 13.8 Å². The van der Waals surface area contributed by atoms with Gasteiger partial charge < -0.3 is 15.4 Å². The first kappa shape index (κ1) is 21.6. The van der Waals surface area contributed by atoms with Gasteiger partial charge in [0.1, 0.15) is 15.8 Å². The lowest BCUT2D eigenvalue weighted by molar-refractivity contribution is -0.128. The summed E-state index contributed by atoms with van der Waals surface area (Å²) in [6.07, 6.45) is 1.52. The second-order valence-corrected chi connectivity index (χ2v) is 9.12. The van der Waals surface area contributed by atoms with Crippen LogP contribution >= 0.6 is 11.3 Å². The molecule has 9 heteroatoms. The van der Waals surface area contributed by atoms with Crippen LogP contribution in [0.25, 0.3) is 10.3 Å². The van der Waals surface area contributed by atoms with E-state index in [9.17, 15) is 13.6 Å². The fourth-order valence-corrected chi connectivity index (χ4v) is 4.93. The Morgan fingerprint density at radius 1 is 1.29 bits per heavy atom. The van der Waals surface area contributed by atoms with Crippen LogP contribution in [-0.2, 0) is 9.53 Å². The van der Waals surface area contributed by atoms with Crippen molar-refractivity contribution in [3.63, 3.8) is 0 Å². The topological polar surface area (TPSA) is 76.1 Å². The van der Waals surface area contributed by atoms with E-state index >= 15 is 0 Å². The molecule has 2 aromatic heterocycles. The largest absolute Gasteiger partial charge is 0.377 e. The van der Waals surface area contributed by atoms with E-state index in [1.54, 1.807) is 37.6 Å². The van der Waals surface area contributed by atoms with Gasteiger partial charge in [-0.25, -0.2) is 18.7 Å². The number of hydrogen-bond donors (Lipinski definition) is 2. The SMILES string of the molecule is CNC(=O)C1(C)C(c2ccc(Nc3cnc4sc(C)nc4c3C(C)OC)cc2)C1(F)F. The summed E-state index contributed by atoms with van der Waals surface area (Å²) in [5.41, 5.74) is 1.84. The normalized spacial score (nSPS) is 22.9. The van der Waals surface area contributed by atoms with Gasteiger partial charge in [-0.1, -0.05) is 23.5 Å². The summed E-state index contributed by atoms with van der Waals surface area (Å²) in [5.74, 6) is -4.88. The minimum Gasteiger partial charge on any atom is -0.377 e. The lowest BCUT2D eigenvalue weighted by Crippen LogP contribution is -2.31. The molecule has 0 aliphatic heterocycles. The summed E-state index contributed by atoms with van der Waals surface area (Å²) >= 11 is 1.52. The maximum absolute atomic E-state index is 14.4. The van der Waals surface area contributed by atoms with Crippen LogP contribution in [-0.4, -0.2) is 36.0 Å². The van der Waals surface area contributed by atoms with Crippen molar-refractivity contribution in [3.8, 4) is 0 Å². The molecule has 0 bridgehead atoms.